The first-order chi connectivity index (χ1) is 20.0. The number of carbonyl (C=O) groups is 3. The van der Waals surface area contributed by atoms with Gasteiger partial charge in [0, 0.05) is 11.6 Å². The SMILES string of the molecule is O=C(O)COc1ccc(C=C(NS(=O)(=O)CCc2ccccc2)C(=O)NCCCCc2ccc(Cl)cc2)cc1C(=O)O. The number of hydrogen-bond donors (Lipinski definition) is 4. The lowest BCUT2D eigenvalue weighted by molar-refractivity contribution is -0.139. The van der Waals surface area contributed by atoms with Crippen LogP contribution < -0.4 is 14.8 Å². The summed E-state index contributed by atoms with van der Waals surface area (Å²) in [4.78, 5) is 35.7. The number of carbonyl (C=O) groups excluding carboxylic acids is 1. The predicted molar refractivity (Wildman–Crippen MR) is 159 cm³/mol. The Bertz CT molecular complexity index is 1520. The van der Waals surface area contributed by atoms with Gasteiger partial charge in [-0.1, -0.05) is 60.1 Å². The largest absolute Gasteiger partial charge is 0.481 e. The monoisotopic (exact) mass is 614 g/mol. The van der Waals surface area contributed by atoms with Gasteiger partial charge in [-0.15, -0.1) is 0 Å². The first-order valence-corrected chi connectivity index (χ1v) is 15.1. The third kappa shape index (κ3) is 10.9. The second-order valence-electron chi connectivity index (χ2n) is 9.30. The smallest absolute Gasteiger partial charge is 0.341 e. The highest BCUT2D eigenvalue weighted by Crippen LogP contribution is 2.22. The van der Waals surface area contributed by atoms with Crippen LogP contribution in [0.5, 0.6) is 5.75 Å². The Hall–Kier alpha value is -4.35. The number of nitrogens with one attached hydrogen (secondary N) is 2. The molecule has 42 heavy (non-hydrogen) atoms. The molecule has 4 N–H and O–H groups in total. The highest BCUT2D eigenvalue weighted by Gasteiger charge is 2.19. The first kappa shape index (κ1) is 32.2. The second kappa shape index (κ2) is 15.6. The van der Waals surface area contributed by atoms with E-state index in [-0.39, 0.29) is 41.3 Å². The minimum absolute atomic E-state index is 0.183. The average molecular weight is 615 g/mol. The van der Waals surface area contributed by atoms with Crippen molar-refractivity contribution in [3.05, 3.63) is 106 Å². The van der Waals surface area contributed by atoms with Crippen LogP contribution in [0, 0.1) is 0 Å². The van der Waals surface area contributed by atoms with Crippen LogP contribution >= 0.6 is 11.6 Å². The van der Waals surface area contributed by atoms with Gasteiger partial charge < -0.3 is 20.3 Å². The van der Waals surface area contributed by atoms with Gasteiger partial charge in [0.1, 0.15) is 17.0 Å². The van der Waals surface area contributed by atoms with E-state index in [2.05, 4.69) is 10.0 Å². The fraction of sp³-hybridized carbons (Fsp3) is 0.233. The fourth-order valence-corrected chi connectivity index (χ4v) is 5.11. The van der Waals surface area contributed by atoms with Gasteiger partial charge in [-0.05, 0) is 72.7 Å². The Morgan fingerprint density at radius 3 is 2.24 bits per heavy atom. The molecule has 0 unspecified atom stereocenters. The van der Waals surface area contributed by atoms with E-state index in [1.165, 1.54) is 18.2 Å². The first-order valence-electron chi connectivity index (χ1n) is 13.0. The van der Waals surface area contributed by atoms with Crippen molar-refractivity contribution in [3.63, 3.8) is 0 Å². The number of aromatic carboxylic acids is 1. The van der Waals surface area contributed by atoms with Crippen molar-refractivity contribution in [2.45, 2.75) is 25.7 Å². The number of unbranched alkanes of at least 4 members (excludes halogenated alkanes) is 1. The maximum atomic E-state index is 13.1. The summed E-state index contributed by atoms with van der Waals surface area (Å²) in [6, 6.07) is 20.3. The summed E-state index contributed by atoms with van der Waals surface area (Å²) >= 11 is 5.91. The average Bonchev–Trinajstić information content (AvgIpc) is 2.96. The minimum atomic E-state index is -3.97. The van der Waals surface area contributed by atoms with Crippen LogP contribution in [0.25, 0.3) is 6.08 Å². The van der Waals surface area contributed by atoms with E-state index in [4.69, 9.17) is 21.4 Å². The van der Waals surface area contributed by atoms with Crippen LogP contribution in [-0.2, 0) is 32.5 Å². The molecule has 3 aromatic carbocycles. The quantitative estimate of drug-likeness (QED) is 0.138. The van der Waals surface area contributed by atoms with Crippen molar-refractivity contribution in [1.82, 2.24) is 10.0 Å². The molecule has 0 aliphatic rings. The molecule has 0 saturated carbocycles. The number of halogens is 1. The van der Waals surface area contributed by atoms with E-state index in [0.717, 1.165) is 30.0 Å². The molecule has 0 fully saturated rings. The van der Waals surface area contributed by atoms with Gasteiger partial charge in [0.25, 0.3) is 5.91 Å². The molecule has 0 spiro atoms. The number of rotatable bonds is 16. The molecule has 0 aromatic heterocycles. The van der Waals surface area contributed by atoms with E-state index in [9.17, 15) is 27.9 Å². The Labute approximate surface area is 249 Å². The lowest BCUT2D eigenvalue weighted by Gasteiger charge is -2.14. The zero-order chi connectivity index (χ0) is 30.5. The number of carboxylic acid groups (broad SMARTS) is 2. The summed E-state index contributed by atoms with van der Waals surface area (Å²) in [5.74, 6) is -3.83. The van der Waals surface area contributed by atoms with Crippen LogP contribution in [-0.4, -0.2) is 55.4 Å². The zero-order valence-corrected chi connectivity index (χ0v) is 24.2. The molecule has 10 nitrogen and oxygen atoms in total. The van der Waals surface area contributed by atoms with Gasteiger partial charge in [-0.2, -0.15) is 0 Å². The van der Waals surface area contributed by atoms with Crippen molar-refractivity contribution in [1.29, 1.82) is 0 Å². The van der Waals surface area contributed by atoms with E-state index < -0.39 is 34.5 Å². The number of carboxylic acids is 2. The molecule has 222 valence electrons. The van der Waals surface area contributed by atoms with Crippen molar-refractivity contribution in [2.24, 2.45) is 0 Å². The van der Waals surface area contributed by atoms with Gasteiger partial charge in [-0.3, -0.25) is 9.52 Å². The molecule has 3 rings (SSSR count). The Kier molecular flexibility index (Phi) is 11.9. The number of hydrogen-bond acceptors (Lipinski definition) is 6. The molecular weight excluding hydrogens is 584 g/mol. The Morgan fingerprint density at radius 2 is 1.57 bits per heavy atom. The molecule has 0 saturated heterocycles. The summed E-state index contributed by atoms with van der Waals surface area (Å²) in [7, 11) is -3.97. The highest BCUT2D eigenvalue weighted by molar-refractivity contribution is 7.89. The molecule has 0 radical (unpaired) electrons. The number of amides is 1. The number of aliphatic carboxylic acids is 1. The molecule has 0 heterocycles. The number of ether oxygens (including phenoxy) is 1. The highest BCUT2D eigenvalue weighted by atomic mass is 35.5. The third-order valence-corrected chi connectivity index (χ3v) is 7.52. The maximum absolute atomic E-state index is 13.1. The second-order valence-corrected chi connectivity index (χ2v) is 11.6. The molecule has 3 aromatic rings. The van der Waals surface area contributed by atoms with Gasteiger partial charge in [0.2, 0.25) is 10.0 Å². The zero-order valence-electron chi connectivity index (χ0n) is 22.6. The van der Waals surface area contributed by atoms with E-state index >= 15 is 0 Å². The van der Waals surface area contributed by atoms with E-state index in [0.29, 0.717) is 11.4 Å². The van der Waals surface area contributed by atoms with Crippen LogP contribution in [0.3, 0.4) is 0 Å². The third-order valence-electron chi connectivity index (χ3n) is 6.00. The van der Waals surface area contributed by atoms with Gasteiger partial charge in [-0.25, -0.2) is 18.0 Å². The molecule has 0 aliphatic heterocycles. The van der Waals surface area contributed by atoms with Gasteiger partial charge in [0.05, 0.1) is 5.75 Å². The molecule has 0 aliphatic carbocycles. The number of aryl methyl sites for hydroxylation is 2. The topological polar surface area (TPSA) is 159 Å². The molecule has 0 bridgehead atoms. The van der Waals surface area contributed by atoms with Crippen LogP contribution in [0.4, 0.5) is 0 Å². The Balaban J connectivity index is 1.75. The fourth-order valence-electron chi connectivity index (χ4n) is 3.90. The summed E-state index contributed by atoms with van der Waals surface area (Å²) in [5, 5.41) is 21.8. The van der Waals surface area contributed by atoms with Crippen LogP contribution in [0.15, 0.2) is 78.5 Å². The normalized spacial score (nSPS) is 11.5. The van der Waals surface area contributed by atoms with E-state index in [1.807, 2.05) is 18.2 Å². The summed E-state index contributed by atoms with van der Waals surface area (Å²) in [6.45, 7) is -0.472. The lowest BCUT2D eigenvalue weighted by atomic mass is 10.1. The summed E-state index contributed by atoms with van der Waals surface area (Å²) in [6.07, 6.45) is 3.60. The summed E-state index contributed by atoms with van der Waals surface area (Å²) < 4.78 is 33.2. The van der Waals surface area contributed by atoms with Crippen LogP contribution in [0.1, 0.15) is 39.9 Å². The number of benzene rings is 3. The lowest BCUT2D eigenvalue weighted by Crippen LogP contribution is -2.36. The predicted octanol–water partition coefficient (Wildman–Crippen LogP) is 4.14. The van der Waals surface area contributed by atoms with Crippen molar-refractivity contribution in [3.8, 4) is 5.75 Å². The minimum Gasteiger partial charge on any atom is -0.481 e. The Morgan fingerprint density at radius 1 is 0.881 bits per heavy atom. The van der Waals surface area contributed by atoms with Crippen molar-refractivity contribution in [2.75, 3.05) is 18.9 Å². The summed E-state index contributed by atoms with van der Waals surface area (Å²) in [5.41, 5.74) is 1.45. The number of sulfonamides is 1. The van der Waals surface area contributed by atoms with Crippen molar-refractivity contribution < 1.29 is 37.8 Å². The van der Waals surface area contributed by atoms with Crippen molar-refractivity contribution >= 4 is 45.5 Å². The van der Waals surface area contributed by atoms with E-state index in [1.54, 1.807) is 36.4 Å². The van der Waals surface area contributed by atoms with Crippen LogP contribution in [0.2, 0.25) is 5.02 Å². The maximum Gasteiger partial charge on any atom is 0.341 e. The van der Waals surface area contributed by atoms with Gasteiger partial charge >= 0.3 is 11.9 Å². The van der Waals surface area contributed by atoms with Gasteiger partial charge in [0.15, 0.2) is 6.61 Å². The standard InChI is InChI=1S/C30H31ClN2O8S/c31-24-12-9-22(10-13-24)8-4-5-16-32-29(36)26(33-42(39,40)17-15-21-6-2-1-3-7-21)19-23-11-14-27(41-20-28(34)35)25(18-23)30(37)38/h1-3,6-7,9-14,18-19,33H,4-5,8,15-17,20H2,(H,32,36)(H,34,35)(H,37,38). The molecular formula is C30H31ClN2O8S. The molecule has 12 heteroatoms. The molecule has 0 atom stereocenters. The molecule has 1 amide bonds.